The summed E-state index contributed by atoms with van der Waals surface area (Å²) < 4.78 is 0. The van der Waals surface area contributed by atoms with Gasteiger partial charge in [0.25, 0.3) is 11.8 Å². The number of aliphatic hydroxyl groups excluding tert-OH is 1. The van der Waals surface area contributed by atoms with Crippen LogP contribution in [0.4, 0.5) is 11.4 Å². The van der Waals surface area contributed by atoms with Crippen LogP contribution in [0.15, 0.2) is 29.3 Å². The van der Waals surface area contributed by atoms with Gasteiger partial charge in [-0.05, 0) is 69.7 Å². The maximum Gasteiger partial charge on any atom is 0.254 e. The highest BCUT2D eigenvalue weighted by atomic mass is 16.3. The maximum atomic E-state index is 13.2. The first-order valence-electron chi connectivity index (χ1n) is 11.7. The van der Waals surface area contributed by atoms with E-state index >= 15 is 0 Å². The number of carbonyl (C=O) groups is 2. The normalized spacial score (nSPS) is 18.5. The summed E-state index contributed by atoms with van der Waals surface area (Å²) in [6.07, 6.45) is 5.67. The lowest BCUT2D eigenvalue weighted by Crippen LogP contribution is -2.36. The summed E-state index contributed by atoms with van der Waals surface area (Å²) in [6, 6.07) is 5.56. The molecule has 0 aromatic heterocycles. The Kier molecular flexibility index (Phi) is 9.11. The summed E-state index contributed by atoms with van der Waals surface area (Å²) in [7, 11) is 0. The number of rotatable bonds is 12. The molecule has 6 nitrogen and oxygen atoms in total. The van der Waals surface area contributed by atoms with Crippen LogP contribution in [-0.4, -0.2) is 35.1 Å². The Morgan fingerprint density at radius 1 is 1.26 bits per heavy atom. The minimum atomic E-state index is -0.502. The van der Waals surface area contributed by atoms with Crippen molar-refractivity contribution >= 4 is 23.2 Å². The van der Waals surface area contributed by atoms with Crippen molar-refractivity contribution in [3.05, 3.63) is 34.9 Å². The summed E-state index contributed by atoms with van der Waals surface area (Å²) in [5, 5.41) is 13.1. The molecule has 0 spiro atoms. The molecule has 1 aromatic carbocycles. The first kappa shape index (κ1) is 24.9. The van der Waals surface area contributed by atoms with Gasteiger partial charge in [0.15, 0.2) is 0 Å². The minimum absolute atomic E-state index is 0.0480. The molecule has 3 atom stereocenters. The van der Waals surface area contributed by atoms with Gasteiger partial charge in [-0.2, -0.15) is 0 Å². The first-order valence-corrected chi connectivity index (χ1v) is 11.7. The van der Waals surface area contributed by atoms with Crippen molar-refractivity contribution in [3.63, 3.8) is 0 Å². The lowest BCUT2D eigenvalue weighted by molar-refractivity contribution is -0.114. The highest BCUT2D eigenvalue weighted by molar-refractivity contribution is 6.10. The summed E-state index contributed by atoms with van der Waals surface area (Å²) in [5.41, 5.74) is 9.52. The predicted molar refractivity (Wildman–Crippen MR) is 127 cm³/mol. The molecule has 2 amide bonds. The largest absolute Gasteiger partial charge is 0.393 e. The third-order valence-electron chi connectivity index (χ3n) is 6.28. The number of nitrogens with two attached hydrogens (primary N) is 1. The fraction of sp³-hybridized carbons (Fsp3) is 0.600. The molecule has 0 radical (unpaired) electrons. The van der Waals surface area contributed by atoms with Gasteiger partial charge in [-0.15, -0.1) is 0 Å². The number of benzene rings is 1. The summed E-state index contributed by atoms with van der Waals surface area (Å²) in [4.78, 5) is 27.2. The SMILES string of the molecule is CCCCC1C(C)=C(CC)C(=O)N1c1ccc(C(N)=O)c(NC(CC)CCC(C)O)c1. The van der Waals surface area contributed by atoms with Gasteiger partial charge in [0.1, 0.15) is 0 Å². The van der Waals surface area contributed by atoms with Crippen molar-refractivity contribution in [2.24, 2.45) is 5.73 Å². The number of amides is 2. The molecule has 31 heavy (non-hydrogen) atoms. The number of anilines is 2. The maximum absolute atomic E-state index is 13.2. The summed E-state index contributed by atoms with van der Waals surface area (Å²) in [5.74, 6) is -0.446. The van der Waals surface area contributed by atoms with Crippen molar-refractivity contribution in [2.75, 3.05) is 10.2 Å². The monoisotopic (exact) mass is 429 g/mol. The van der Waals surface area contributed by atoms with Crippen molar-refractivity contribution in [1.29, 1.82) is 0 Å². The Bertz CT molecular complexity index is 816. The van der Waals surface area contributed by atoms with E-state index in [9.17, 15) is 14.7 Å². The van der Waals surface area contributed by atoms with E-state index in [2.05, 4.69) is 26.1 Å². The molecule has 1 heterocycles. The van der Waals surface area contributed by atoms with Crippen molar-refractivity contribution in [3.8, 4) is 0 Å². The van der Waals surface area contributed by atoms with E-state index in [0.29, 0.717) is 24.1 Å². The van der Waals surface area contributed by atoms with E-state index in [1.165, 1.54) is 0 Å². The molecule has 2 rings (SSSR count). The molecule has 1 aromatic rings. The van der Waals surface area contributed by atoms with Gasteiger partial charge >= 0.3 is 0 Å². The molecule has 4 N–H and O–H groups in total. The first-order chi connectivity index (χ1) is 14.7. The highest BCUT2D eigenvalue weighted by Gasteiger charge is 2.36. The Morgan fingerprint density at radius 2 is 1.97 bits per heavy atom. The Balaban J connectivity index is 2.41. The third-order valence-corrected chi connectivity index (χ3v) is 6.28. The number of nitrogens with one attached hydrogen (secondary N) is 1. The third kappa shape index (κ3) is 5.88. The summed E-state index contributed by atoms with van der Waals surface area (Å²) >= 11 is 0. The van der Waals surface area contributed by atoms with Gasteiger partial charge in [-0.1, -0.05) is 33.6 Å². The zero-order chi connectivity index (χ0) is 23.1. The second-order valence-corrected chi connectivity index (χ2v) is 8.62. The number of hydrogen-bond donors (Lipinski definition) is 3. The number of aliphatic hydroxyl groups is 1. The van der Waals surface area contributed by atoms with Crippen molar-refractivity contribution < 1.29 is 14.7 Å². The molecule has 0 bridgehead atoms. The van der Waals surface area contributed by atoms with E-state index in [1.54, 1.807) is 13.0 Å². The van der Waals surface area contributed by atoms with Gasteiger partial charge in [0.05, 0.1) is 17.7 Å². The summed E-state index contributed by atoms with van der Waals surface area (Å²) in [6.45, 7) is 10.1. The van der Waals surface area contributed by atoms with E-state index in [0.717, 1.165) is 48.9 Å². The van der Waals surface area contributed by atoms with Gasteiger partial charge in [-0.3, -0.25) is 9.59 Å². The van der Waals surface area contributed by atoms with E-state index < -0.39 is 5.91 Å². The zero-order valence-corrected chi connectivity index (χ0v) is 19.7. The molecule has 0 saturated heterocycles. The number of nitrogens with zero attached hydrogens (tertiary/aromatic N) is 1. The van der Waals surface area contributed by atoms with Crippen LogP contribution in [0.5, 0.6) is 0 Å². The standard InChI is InChI=1S/C25H39N3O3/c1-6-9-10-23-17(5)20(8-3)25(31)28(23)19-13-14-21(24(26)30)22(15-19)27-18(7-2)12-11-16(4)29/h13-16,18,23,27,29H,6-12H2,1-5H3,(H2,26,30). The molecule has 0 fully saturated rings. The van der Waals surface area contributed by atoms with Crippen molar-refractivity contribution in [1.82, 2.24) is 0 Å². The Morgan fingerprint density at radius 3 is 2.52 bits per heavy atom. The quantitative estimate of drug-likeness (QED) is 0.446. The van der Waals surface area contributed by atoms with E-state index in [-0.39, 0.29) is 24.1 Å². The van der Waals surface area contributed by atoms with Crippen LogP contribution in [-0.2, 0) is 4.79 Å². The number of hydrogen-bond acceptors (Lipinski definition) is 4. The highest BCUT2D eigenvalue weighted by Crippen LogP contribution is 2.37. The number of unbranched alkanes of at least 4 members (excludes halogenated alkanes) is 1. The van der Waals surface area contributed by atoms with Crippen LogP contribution in [0, 0.1) is 0 Å². The van der Waals surface area contributed by atoms with Crippen molar-refractivity contribution in [2.45, 2.75) is 97.8 Å². The Labute approximate surface area is 186 Å². The fourth-order valence-electron chi connectivity index (χ4n) is 4.38. The topological polar surface area (TPSA) is 95.7 Å². The Hall–Kier alpha value is -2.34. The molecule has 1 aliphatic rings. The van der Waals surface area contributed by atoms with E-state index in [1.807, 2.05) is 24.0 Å². The lowest BCUT2D eigenvalue weighted by Gasteiger charge is -2.28. The average Bonchev–Trinajstić information content (AvgIpc) is 2.97. The van der Waals surface area contributed by atoms with E-state index in [4.69, 9.17) is 5.73 Å². The fourth-order valence-corrected chi connectivity index (χ4v) is 4.38. The number of primary amides is 1. The van der Waals surface area contributed by atoms with Crippen LogP contribution in [0.1, 0.15) is 89.9 Å². The smallest absolute Gasteiger partial charge is 0.254 e. The molecule has 3 unspecified atom stereocenters. The van der Waals surface area contributed by atoms with Crippen LogP contribution < -0.4 is 16.0 Å². The average molecular weight is 430 g/mol. The second kappa shape index (κ2) is 11.3. The van der Waals surface area contributed by atoms with Gasteiger partial charge in [0.2, 0.25) is 0 Å². The van der Waals surface area contributed by atoms with Gasteiger partial charge in [-0.25, -0.2) is 0 Å². The van der Waals surface area contributed by atoms with Gasteiger partial charge < -0.3 is 21.1 Å². The van der Waals surface area contributed by atoms with Crippen LogP contribution >= 0.6 is 0 Å². The molecule has 0 aliphatic carbocycles. The number of carbonyl (C=O) groups excluding carboxylic acids is 2. The van der Waals surface area contributed by atoms with Crippen LogP contribution in [0.25, 0.3) is 0 Å². The van der Waals surface area contributed by atoms with Crippen LogP contribution in [0.3, 0.4) is 0 Å². The van der Waals surface area contributed by atoms with Crippen LogP contribution in [0.2, 0.25) is 0 Å². The lowest BCUT2D eigenvalue weighted by atomic mass is 10.00. The zero-order valence-electron chi connectivity index (χ0n) is 19.7. The molecule has 172 valence electrons. The molecule has 1 aliphatic heterocycles. The molecular weight excluding hydrogens is 390 g/mol. The minimum Gasteiger partial charge on any atom is -0.393 e. The molecular formula is C25H39N3O3. The van der Waals surface area contributed by atoms with Gasteiger partial charge in [0, 0.05) is 23.0 Å². The second-order valence-electron chi connectivity index (χ2n) is 8.62. The molecule has 6 heteroatoms. The molecule has 0 saturated carbocycles. The predicted octanol–water partition coefficient (Wildman–Crippen LogP) is 4.77.